The Kier molecular flexibility index (Phi) is 6.43. The van der Waals surface area contributed by atoms with Crippen molar-refractivity contribution in [3.63, 3.8) is 0 Å². The molecule has 0 spiro atoms. The van der Waals surface area contributed by atoms with Crippen LogP contribution in [-0.4, -0.2) is 27.4 Å². The summed E-state index contributed by atoms with van der Waals surface area (Å²) in [6.45, 7) is 3.65. The molecular weight excluding hydrogens is 419 g/mol. The van der Waals surface area contributed by atoms with Crippen molar-refractivity contribution in [1.82, 2.24) is 0 Å². The monoisotopic (exact) mass is 432 g/mol. The van der Waals surface area contributed by atoms with Gasteiger partial charge in [-0.05, 0) is 49.9 Å². The molecule has 20 heavy (non-hydrogen) atoms. The summed E-state index contributed by atoms with van der Waals surface area (Å²) in [7, 11) is -3.54. The molecule has 1 aromatic rings. The van der Waals surface area contributed by atoms with Gasteiger partial charge in [-0.1, -0.05) is 13.8 Å². The van der Waals surface area contributed by atoms with E-state index in [-0.39, 0.29) is 12.5 Å². The maximum Gasteiger partial charge on any atom is 0.264 e. The maximum atomic E-state index is 13.2. The van der Waals surface area contributed by atoms with Crippen LogP contribution in [0.15, 0.2) is 21.1 Å². The minimum atomic E-state index is -3.54. The summed E-state index contributed by atoms with van der Waals surface area (Å²) >= 11 is 6.42. The van der Waals surface area contributed by atoms with E-state index in [9.17, 15) is 12.8 Å². The van der Waals surface area contributed by atoms with E-state index in [2.05, 4.69) is 31.9 Å². The molecule has 1 unspecified atom stereocenters. The van der Waals surface area contributed by atoms with Crippen LogP contribution in [0.3, 0.4) is 0 Å². The van der Waals surface area contributed by atoms with Crippen LogP contribution in [0.4, 0.5) is 4.39 Å². The Labute approximate surface area is 135 Å². The van der Waals surface area contributed by atoms with E-state index >= 15 is 0 Å². The van der Waals surface area contributed by atoms with Crippen LogP contribution in [0.5, 0.6) is 5.75 Å². The molecule has 0 amide bonds. The highest BCUT2D eigenvalue weighted by atomic mass is 79.9. The molecule has 0 saturated heterocycles. The van der Waals surface area contributed by atoms with E-state index in [1.807, 2.05) is 13.8 Å². The molecule has 0 aromatic heterocycles. The van der Waals surface area contributed by atoms with Crippen LogP contribution in [0.2, 0.25) is 0 Å². The zero-order valence-electron chi connectivity index (χ0n) is 11.2. The fourth-order valence-corrected chi connectivity index (χ4v) is 3.04. The molecule has 0 aliphatic heterocycles. The topological polar surface area (TPSA) is 52.6 Å². The molecule has 0 heterocycles. The first kappa shape index (κ1) is 17.9. The zero-order chi connectivity index (χ0) is 15.5. The Bertz CT molecular complexity index is 552. The summed E-state index contributed by atoms with van der Waals surface area (Å²) in [5, 5.41) is 0. The zero-order valence-corrected chi connectivity index (χ0v) is 15.2. The molecule has 0 bridgehead atoms. The fraction of sp³-hybridized carbons (Fsp3) is 0.500. The van der Waals surface area contributed by atoms with E-state index in [4.69, 9.17) is 8.92 Å². The highest BCUT2D eigenvalue weighted by Gasteiger charge is 2.21. The molecule has 0 saturated carbocycles. The molecular formula is C12H15Br2FO4S. The second-order valence-corrected chi connectivity index (χ2v) is 7.94. The number of rotatable bonds is 6. The average molecular weight is 434 g/mol. The number of hydrogen-bond acceptors (Lipinski definition) is 4. The molecule has 1 aromatic carbocycles. The second kappa shape index (κ2) is 7.20. The first-order chi connectivity index (χ1) is 9.10. The van der Waals surface area contributed by atoms with Crippen LogP contribution >= 0.6 is 31.9 Å². The Morgan fingerprint density at radius 3 is 2.15 bits per heavy atom. The minimum absolute atomic E-state index is 0.0144. The molecule has 1 atom stereocenters. The quantitative estimate of drug-likeness (QED) is 0.641. The largest absolute Gasteiger partial charge is 0.485 e. The summed E-state index contributed by atoms with van der Waals surface area (Å²) in [5.74, 6) is 0.00684. The van der Waals surface area contributed by atoms with E-state index in [0.29, 0.717) is 14.7 Å². The Hall–Kier alpha value is -0.180. The van der Waals surface area contributed by atoms with E-state index in [0.717, 1.165) is 6.26 Å². The van der Waals surface area contributed by atoms with Crippen molar-refractivity contribution in [3.8, 4) is 5.75 Å². The highest BCUT2D eigenvalue weighted by Crippen LogP contribution is 2.35. The molecule has 8 heteroatoms. The van der Waals surface area contributed by atoms with Gasteiger partial charge < -0.3 is 4.74 Å². The van der Waals surface area contributed by atoms with Gasteiger partial charge in [0, 0.05) is 0 Å². The van der Waals surface area contributed by atoms with Gasteiger partial charge in [0.2, 0.25) is 0 Å². The van der Waals surface area contributed by atoms with Crippen LogP contribution in [-0.2, 0) is 14.3 Å². The molecule has 0 aliphatic carbocycles. The van der Waals surface area contributed by atoms with Gasteiger partial charge in [0.1, 0.15) is 24.3 Å². The summed E-state index contributed by atoms with van der Waals surface area (Å²) in [4.78, 5) is 0. The summed E-state index contributed by atoms with van der Waals surface area (Å²) in [6, 6.07) is 2.55. The minimum Gasteiger partial charge on any atom is -0.485 e. The van der Waals surface area contributed by atoms with Crippen molar-refractivity contribution in [1.29, 1.82) is 0 Å². The summed E-state index contributed by atoms with van der Waals surface area (Å²) < 4.78 is 46.7. The third kappa shape index (κ3) is 5.67. The summed E-state index contributed by atoms with van der Waals surface area (Å²) in [5.41, 5.74) is 0. The van der Waals surface area contributed by atoms with E-state index < -0.39 is 22.0 Å². The maximum absolute atomic E-state index is 13.2. The predicted octanol–water partition coefficient (Wildman–Crippen LogP) is 3.73. The van der Waals surface area contributed by atoms with Gasteiger partial charge >= 0.3 is 0 Å². The fourth-order valence-electron chi connectivity index (χ4n) is 1.35. The van der Waals surface area contributed by atoms with Crippen LogP contribution in [0.25, 0.3) is 0 Å². The molecule has 0 radical (unpaired) electrons. The molecule has 0 fully saturated rings. The van der Waals surface area contributed by atoms with Crippen molar-refractivity contribution in [2.75, 3.05) is 12.9 Å². The Morgan fingerprint density at radius 1 is 1.25 bits per heavy atom. The lowest BCUT2D eigenvalue weighted by Gasteiger charge is -2.23. The van der Waals surface area contributed by atoms with Gasteiger partial charge in [-0.25, -0.2) is 4.39 Å². The number of hydrogen-bond donors (Lipinski definition) is 0. The molecule has 114 valence electrons. The molecule has 1 rings (SSSR count). The van der Waals surface area contributed by atoms with Gasteiger partial charge in [-0.15, -0.1) is 0 Å². The SMILES string of the molecule is CC(C)C(COS(C)(=O)=O)Oc1c(Br)cc(F)cc1Br. The van der Waals surface area contributed by atoms with Gasteiger partial charge in [0.05, 0.1) is 15.2 Å². The van der Waals surface area contributed by atoms with Gasteiger partial charge in [-0.3, -0.25) is 4.18 Å². The van der Waals surface area contributed by atoms with Gasteiger partial charge in [0.15, 0.2) is 0 Å². The van der Waals surface area contributed by atoms with Crippen molar-refractivity contribution < 1.29 is 21.7 Å². The van der Waals surface area contributed by atoms with E-state index in [1.165, 1.54) is 12.1 Å². The van der Waals surface area contributed by atoms with Crippen LogP contribution in [0.1, 0.15) is 13.8 Å². The van der Waals surface area contributed by atoms with Crippen molar-refractivity contribution in [3.05, 3.63) is 26.9 Å². The van der Waals surface area contributed by atoms with Gasteiger partial charge in [-0.2, -0.15) is 8.42 Å². The smallest absolute Gasteiger partial charge is 0.264 e. The third-order valence-electron chi connectivity index (χ3n) is 2.42. The molecule has 0 N–H and O–H groups in total. The third-order valence-corrected chi connectivity index (χ3v) is 4.16. The van der Waals surface area contributed by atoms with Crippen LogP contribution in [0, 0.1) is 11.7 Å². The number of benzene rings is 1. The first-order valence-corrected chi connectivity index (χ1v) is 9.16. The molecule has 0 aliphatic rings. The van der Waals surface area contributed by atoms with E-state index in [1.54, 1.807) is 0 Å². The van der Waals surface area contributed by atoms with Crippen molar-refractivity contribution in [2.24, 2.45) is 5.92 Å². The summed E-state index contributed by atoms with van der Waals surface area (Å²) in [6.07, 6.45) is 0.497. The lowest BCUT2D eigenvalue weighted by Crippen LogP contribution is -2.30. The Balaban J connectivity index is 2.91. The predicted molar refractivity (Wildman–Crippen MR) is 81.8 cm³/mol. The highest BCUT2D eigenvalue weighted by molar-refractivity contribution is 9.11. The second-order valence-electron chi connectivity index (χ2n) is 4.59. The first-order valence-electron chi connectivity index (χ1n) is 5.75. The van der Waals surface area contributed by atoms with Crippen molar-refractivity contribution >= 4 is 42.0 Å². The lowest BCUT2D eigenvalue weighted by molar-refractivity contribution is 0.0930. The number of ether oxygens (including phenoxy) is 1. The normalized spacial score (nSPS) is 13.6. The number of halogens is 3. The standard InChI is InChI=1S/C12H15Br2FO4S/c1-7(2)11(6-18-20(3,16)17)19-12-9(13)4-8(15)5-10(12)14/h4-5,7,11H,6H2,1-3H3. The van der Waals surface area contributed by atoms with Crippen LogP contribution < -0.4 is 4.74 Å². The molecule has 4 nitrogen and oxygen atoms in total. The average Bonchev–Trinajstić information content (AvgIpc) is 2.24. The van der Waals surface area contributed by atoms with Gasteiger partial charge in [0.25, 0.3) is 10.1 Å². The van der Waals surface area contributed by atoms with Crippen molar-refractivity contribution in [2.45, 2.75) is 20.0 Å². The Morgan fingerprint density at radius 2 is 1.75 bits per heavy atom. The lowest BCUT2D eigenvalue weighted by atomic mass is 10.1.